The van der Waals surface area contributed by atoms with Gasteiger partial charge in [-0.3, -0.25) is 9.69 Å². The molecule has 1 N–H and O–H groups in total. The topological polar surface area (TPSA) is 38.8 Å². The molecule has 0 saturated carbocycles. The normalized spacial score (nSPS) is 21.9. The van der Waals surface area contributed by atoms with E-state index in [-0.39, 0.29) is 5.92 Å². The summed E-state index contributed by atoms with van der Waals surface area (Å²) in [6.07, 6.45) is 3.98. The maximum absolute atomic E-state index is 11.9. The van der Waals surface area contributed by atoms with Crippen LogP contribution in [0.2, 0.25) is 0 Å². The zero-order chi connectivity index (χ0) is 18.1. The van der Waals surface area contributed by atoms with E-state index < -0.39 is 0 Å². The number of hydrogen-bond acceptors (Lipinski definition) is 5. The molecule has 0 amide bonds. The molecular formula is C20H40N4O. The van der Waals surface area contributed by atoms with Crippen molar-refractivity contribution in [1.29, 1.82) is 0 Å². The van der Waals surface area contributed by atoms with Crippen LogP contribution in [0.1, 0.15) is 40.0 Å². The number of piperazine rings is 1. The minimum Gasteiger partial charge on any atom is -0.317 e. The Bertz CT molecular complexity index is 372. The van der Waals surface area contributed by atoms with Crippen molar-refractivity contribution in [2.45, 2.75) is 40.0 Å². The summed E-state index contributed by atoms with van der Waals surface area (Å²) in [5.74, 6) is 1.42. The fraction of sp³-hybridized carbons (Fsp3) is 0.950. The summed E-state index contributed by atoms with van der Waals surface area (Å²) in [6, 6.07) is 0. The van der Waals surface area contributed by atoms with Crippen molar-refractivity contribution in [2.75, 3.05) is 72.0 Å². The minimum atomic E-state index is 0.168. The van der Waals surface area contributed by atoms with E-state index in [4.69, 9.17) is 0 Å². The molecule has 2 fully saturated rings. The van der Waals surface area contributed by atoms with Gasteiger partial charge >= 0.3 is 0 Å². The van der Waals surface area contributed by atoms with E-state index in [1.165, 1.54) is 45.4 Å². The Hall–Kier alpha value is -0.490. The number of likely N-dealkylation sites (tertiary alicyclic amines) is 1. The zero-order valence-electron chi connectivity index (χ0n) is 16.8. The van der Waals surface area contributed by atoms with Gasteiger partial charge in [0.25, 0.3) is 0 Å². The molecule has 0 atom stereocenters. The van der Waals surface area contributed by atoms with E-state index in [9.17, 15) is 4.79 Å². The van der Waals surface area contributed by atoms with Crippen molar-refractivity contribution in [1.82, 2.24) is 20.0 Å². The summed E-state index contributed by atoms with van der Waals surface area (Å²) in [4.78, 5) is 19.5. The predicted octanol–water partition coefficient (Wildman–Crippen LogP) is 1.54. The van der Waals surface area contributed by atoms with Crippen molar-refractivity contribution < 1.29 is 4.79 Å². The Morgan fingerprint density at radius 2 is 1.64 bits per heavy atom. The van der Waals surface area contributed by atoms with Gasteiger partial charge in [-0.25, -0.2) is 0 Å². The molecule has 0 aromatic heterocycles. The first-order valence-corrected chi connectivity index (χ1v) is 10.5. The molecule has 0 radical (unpaired) electrons. The Labute approximate surface area is 155 Å². The van der Waals surface area contributed by atoms with Gasteiger partial charge in [-0.2, -0.15) is 0 Å². The lowest BCUT2D eigenvalue weighted by molar-refractivity contribution is -0.123. The molecule has 0 aromatic rings. The smallest absolute Gasteiger partial charge is 0.149 e. The number of carbonyl (C=O) groups excluding carboxylic acids is 1. The molecule has 2 saturated heterocycles. The summed E-state index contributed by atoms with van der Waals surface area (Å²) in [7, 11) is 0. The third-order valence-corrected chi connectivity index (χ3v) is 5.79. The molecule has 2 aliphatic rings. The molecule has 25 heavy (non-hydrogen) atoms. The van der Waals surface area contributed by atoms with E-state index in [1.54, 1.807) is 0 Å². The van der Waals surface area contributed by atoms with Crippen LogP contribution in [0.4, 0.5) is 0 Å². The fourth-order valence-corrected chi connectivity index (χ4v) is 3.90. The van der Waals surface area contributed by atoms with Crippen molar-refractivity contribution >= 4 is 5.78 Å². The van der Waals surface area contributed by atoms with E-state index in [2.05, 4.69) is 26.9 Å². The number of hydrogen-bond donors (Lipinski definition) is 1. The Morgan fingerprint density at radius 3 is 2.24 bits per heavy atom. The predicted molar refractivity (Wildman–Crippen MR) is 105 cm³/mol. The molecule has 5 nitrogen and oxygen atoms in total. The molecule has 146 valence electrons. The quantitative estimate of drug-likeness (QED) is 0.604. The first-order valence-electron chi connectivity index (χ1n) is 10.5. The molecule has 5 heteroatoms. The monoisotopic (exact) mass is 352 g/mol. The molecule has 2 rings (SSSR count). The van der Waals surface area contributed by atoms with Crippen molar-refractivity contribution in [3.05, 3.63) is 0 Å². The highest BCUT2D eigenvalue weighted by Crippen LogP contribution is 2.19. The largest absolute Gasteiger partial charge is 0.317 e. The third-order valence-electron chi connectivity index (χ3n) is 5.79. The second-order valence-corrected chi connectivity index (χ2v) is 8.19. The van der Waals surface area contributed by atoms with Crippen LogP contribution in [0.5, 0.6) is 0 Å². The minimum absolute atomic E-state index is 0.168. The van der Waals surface area contributed by atoms with Crippen LogP contribution >= 0.6 is 0 Å². The van der Waals surface area contributed by atoms with Gasteiger partial charge in [-0.15, -0.1) is 0 Å². The lowest BCUT2D eigenvalue weighted by Gasteiger charge is -2.38. The summed E-state index contributed by atoms with van der Waals surface area (Å²) in [5, 5.41) is 3.41. The number of Topliss-reactive ketones (excluding diaryl/α,β-unsaturated/α-hetero) is 1. The molecule has 0 bridgehead atoms. The van der Waals surface area contributed by atoms with Crippen LogP contribution in [0.3, 0.4) is 0 Å². The fourth-order valence-electron chi connectivity index (χ4n) is 3.90. The van der Waals surface area contributed by atoms with Gasteiger partial charge in [0.2, 0.25) is 0 Å². The van der Waals surface area contributed by atoms with Crippen LogP contribution < -0.4 is 5.32 Å². The second-order valence-electron chi connectivity index (χ2n) is 8.19. The van der Waals surface area contributed by atoms with Gasteiger partial charge in [0, 0.05) is 38.6 Å². The molecule has 2 aliphatic heterocycles. The van der Waals surface area contributed by atoms with E-state index in [1.807, 2.05) is 13.8 Å². The highest BCUT2D eigenvalue weighted by molar-refractivity contribution is 5.82. The lowest BCUT2D eigenvalue weighted by Crippen LogP contribution is -2.50. The Morgan fingerprint density at radius 1 is 1.00 bits per heavy atom. The molecule has 0 unspecified atom stereocenters. The maximum Gasteiger partial charge on any atom is 0.149 e. The highest BCUT2D eigenvalue weighted by Gasteiger charge is 2.24. The molecule has 0 spiro atoms. The zero-order valence-corrected chi connectivity index (χ0v) is 16.8. The SMILES string of the molecule is CCNCCCN1CCC(CN2CCN(CC(=O)C(C)C)CC2)CC1. The van der Waals surface area contributed by atoms with Crippen LogP contribution in [0.25, 0.3) is 0 Å². The first-order chi connectivity index (χ1) is 12.1. The second kappa shape index (κ2) is 11.3. The highest BCUT2D eigenvalue weighted by atomic mass is 16.1. The van der Waals surface area contributed by atoms with Crippen LogP contribution in [-0.2, 0) is 4.79 Å². The maximum atomic E-state index is 11.9. The van der Waals surface area contributed by atoms with E-state index in [0.717, 1.165) is 45.2 Å². The van der Waals surface area contributed by atoms with Crippen molar-refractivity contribution in [3.8, 4) is 0 Å². The number of rotatable bonds is 10. The van der Waals surface area contributed by atoms with Gasteiger partial charge in [-0.05, 0) is 57.9 Å². The summed E-state index contributed by atoms with van der Waals surface area (Å²) in [6.45, 7) is 18.5. The Balaban J connectivity index is 1.56. The van der Waals surface area contributed by atoms with E-state index in [0.29, 0.717) is 12.3 Å². The average Bonchev–Trinajstić information content (AvgIpc) is 2.61. The van der Waals surface area contributed by atoms with Gasteiger partial charge in [0.1, 0.15) is 5.78 Å². The van der Waals surface area contributed by atoms with E-state index >= 15 is 0 Å². The standard InChI is InChI=1S/C20H40N4O/c1-4-21-8-5-9-22-10-6-19(7-11-22)16-23-12-14-24(15-13-23)17-20(25)18(2)3/h18-19,21H,4-17H2,1-3H3. The number of piperidine rings is 1. The lowest BCUT2D eigenvalue weighted by atomic mass is 9.95. The van der Waals surface area contributed by atoms with Gasteiger partial charge in [0.05, 0.1) is 6.54 Å². The first kappa shape index (κ1) is 20.8. The number of nitrogens with one attached hydrogen (secondary N) is 1. The molecule has 0 aromatic carbocycles. The molecule has 2 heterocycles. The third kappa shape index (κ3) is 7.73. The molecular weight excluding hydrogens is 312 g/mol. The van der Waals surface area contributed by atoms with Gasteiger partial charge in [-0.1, -0.05) is 20.8 Å². The number of ketones is 1. The number of nitrogens with zero attached hydrogens (tertiary/aromatic N) is 3. The van der Waals surface area contributed by atoms with Gasteiger partial charge < -0.3 is 15.1 Å². The average molecular weight is 353 g/mol. The summed E-state index contributed by atoms with van der Waals surface area (Å²) in [5.41, 5.74) is 0. The summed E-state index contributed by atoms with van der Waals surface area (Å²) < 4.78 is 0. The number of carbonyl (C=O) groups is 1. The molecule has 0 aliphatic carbocycles. The van der Waals surface area contributed by atoms with Gasteiger partial charge in [0.15, 0.2) is 0 Å². The van der Waals surface area contributed by atoms with Crippen LogP contribution in [0, 0.1) is 11.8 Å². The van der Waals surface area contributed by atoms with Crippen molar-refractivity contribution in [3.63, 3.8) is 0 Å². The van der Waals surface area contributed by atoms with Crippen LogP contribution in [0.15, 0.2) is 0 Å². The summed E-state index contributed by atoms with van der Waals surface area (Å²) >= 11 is 0. The van der Waals surface area contributed by atoms with Crippen molar-refractivity contribution in [2.24, 2.45) is 11.8 Å². The van der Waals surface area contributed by atoms with Crippen LogP contribution in [-0.4, -0.2) is 92.5 Å². The Kier molecular flexibility index (Phi) is 9.39.